The molecule has 0 radical (unpaired) electrons. The molecular weight excluding hydrogens is 851 g/mol. The van der Waals surface area contributed by atoms with Gasteiger partial charge >= 0.3 is 17.9 Å². The molecule has 0 saturated carbocycles. The third-order valence-corrected chi connectivity index (χ3v) is 13.3. The van der Waals surface area contributed by atoms with Crippen molar-refractivity contribution in [2.45, 2.75) is 302 Å². The van der Waals surface area contributed by atoms with Crippen LogP contribution >= 0.6 is 0 Å². The maximum Gasteiger partial charge on any atom is 0.361 e. The van der Waals surface area contributed by atoms with Gasteiger partial charge in [-0.25, -0.2) is 4.79 Å². The largest absolute Gasteiger partial charge is 0.477 e. The van der Waals surface area contributed by atoms with E-state index in [9.17, 15) is 19.5 Å². The third kappa shape index (κ3) is 51.9. The Bertz CT molecular complexity index is 1120. The van der Waals surface area contributed by atoms with E-state index in [-0.39, 0.29) is 38.2 Å². The van der Waals surface area contributed by atoms with Crippen LogP contribution < -0.4 is 0 Å². The number of carboxylic acids is 1. The Morgan fingerprint density at radius 1 is 0.426 bits per heavy atom. The molecule has 0 heterocycles. The predicted molar refractivity (Wildman–Crippen MR) is 286 cm³/mol. The zero-order valence-electron chi connectivity index (χ0n) is 45.8. The highest BCUT2D eigenvalue weighted by Gasteiger charge is 2.25. The summed E-state index contributed by atoms with van der Waals surface area (Å²) < 4.78 is 22.9. The summed E-state index contributed by atoms with van der Waals surface area (Å²) in [5.41, 5.74) is 0. The van der Waals surface area contributed by atoms with Crippen molar-refractivity contribution in [3.63, 3.8) is 0 Å². The van der Waals surface area contributed by atoms with Crippen molar-refractivity contribution in [2.75, 3.05) is 47.5 Å². The lowest BCUT2D eigenvalue weighted by molar-refractivity contribution is -0.870. The van der Waals surface area contributed by atoms with E-state index < -0.39 is 18.4 Å². The van der Waals surface area contributed by atoms with E-state index in [0.29, 0.717) is 17.4 Å². The number of allylic oxidation sites excluding steroid dienone is 2. The van der Waals surface area contributed by atoms with Crippen LogP contribution in [0.15, 0.2) is 12.2 Å². The maximum absolute atomic E-state index is 12.9. The number of rotatable bonds is 55. The highest BCUT2D eigenvalue weighted by Crippen LogP contribution is 2.17. The number of carbonyl (C=O) groups excluding carboxylic acids is 2. The monoisotopic (exact) mass is 965 g/mol. The lowest BCUT2D eigenvalue weighted by Gasteiger charge is -2.25. The number of hydrogen-bond acceptors (Lipinski definition) is 7. The van der Waals surface area contributed by atoms with Crippen LogP contribution in [0.5, 0.6) is 0 Å². The molecule has 9 heteroatoms. The average molecular weight is 966 g/mol. The standard InChI is InChI=1S/C59H113NO8/c1-6-8-10-12-14-16-18-20-22-24-26-27-28-29-30-31-32-34-36-38-40-42-44-46-48-50-57(62)68-55(54-67-59(58(63)64)65-52-51-60(3,4)5)53-66-56(61)49-47-45-43-41-39-37-35-33-25-23-21-19-17-15-13-11-9-7-2/h24,26,55,59H,6-23,25,27-54H2,1-5H3/p+1/b26-24-. The molecule has 0 saturated heterocycles. The van der Waals surface area contributed by atoms with E-state index in [0.717, 1.165) is 38.5 Å². The Hall–Kier alpha value is -1.97. The molecule has 402 valence electrons. The molecule has 0 aromatic heterocycles. The maximum atomic E-state index is 12.9. The van der Waals surface area contributed by atoms with Gasteiger partial charge in [0.25, 0.3) is 6.29 Å². The second-order valence-electron chi connectivity index (χ2n) is 21.3. The molecule has 2 unspecified atom stereocenters. The molecule has 0 spiro atoms. The van der Waals surface area contributed by atoms with Crippen molar-refractivity contribution >= 4 is 17.9 Å². The topological polar surface area (TPSA) is 108 Å². The van der Waals surface area contributed by atoms with Crippen LogP contribution in [0.2, 0.25) is 0 Å². The summed E-state index contributed by atoms with van der Waals surface area (Å²) in [6.45, 7) is 4.93. The summed E-state index contributed by atoms with van der Waals surface area (Å²) in [5, 5.41) is 9.70. The minimum atomic E-state index is -1.50. The molecule has 0 rings (SSSR count). The summed E-state index contributed by atoms with van der Waals surface area (Å²) in [5.74, 6) is -1.98. The Morgan fingerprint density at radius 3 is 1.09 bits per heavy atom. The minimum absolute atomic E-state index is 0.175. The highest BCUT2D eigenvalue weighted by atomic mass is 16.7. The van der Waals surface area contributed by atoms with Crippen molar-refractivity contribution in [1.29, 1.82) is 0 Å². The van der Waals surface area contributed by atoms with Crippen molar-refractivity contribution in [1.82, 2.24) is 0 Å². The average Bonchev–Trinajstić information content (AvgIpc) is 3.30. The van der Waals surface area contributed by atoms with E-state index in [4.69, 9.17) is 18.9 Å². The quantitative estimate of drug-likeness (QED) is 0.0211. The molecule has 0 aliphatic carbocycles. The van der Waals surface area contributed by atoms with Crippen molar-refractivity contribution in [3.05, 3.63) is 12.2 Å². The lowest BCUT2D eigenvalue weighted by Crippen LogP contribution is -2.40. The Kier molecular flexibility index (Phi) is 49.9. The van der Waals surface area contributed by atoms with Crippen molar-refractivity contribution in [2.24, 2.45) is 0 Å². The number of aliphatic carboxylic acids is 1. The van der Waals surface area contributed by atoms with E-state index in [1.54, 1.807) is 0 Å². The van der Waals surface area contributed by atoms with Crippen LogP contribution in [0.4, 0.5) is 0 Å². The number of likely N-dealkylation sites (N-methyl/N-ethyl adjacent to an activating group) is 1. The fourth-order valence-electron chi connectivity index (χ4n) is 8.72. The Labute approximate surface area is 421 Å². The van der Waals surface area contributed by atoms with Crippen LogP contribution in [-0.2, 0) is 33.3 Å². The van der Waals surface area contributed by atoms with Crippen LogP contribution in [-0.4, -0.2) is 87.4 Å². The zero-order chi connectivity index (χ0) is 49.9. The number of hydrogen-bond donors (Lipinski definition) is 1. The van der Waals surface area contributed by atoms with E-state index in [1.807, 2.05) is 21.1 Å². The van der Waals surface area contributed by atoms with Gasteiger partial charge in [-0.05, 0) is 38.5 Å². The van der Waals surface area contributed by atoms with Gasteiger partial charge in [0, 0.05) is 12.8 Å². The molecular formula is C59H114NO8+. The summed E-state index contributed by atoms with van der Waals surface area (Å²) in [7, 11) is 5.98. The number of unbranched alkanes of at least 4 members (excludes halogenated alkanes) is 38. The van der Waals surface area contributed by atoms with Gasteiger partial charge in [0.15, 0.2) is 6.10 Å². The van der Waals surface area contributed by atoms with Crippen LogP contribution in [0.25, 0.3) is 0 Å². The van der Waals surface area contributed by atoms with Crippen LogP contribution in [0, 0.1) is 0 Å². The summed E-state index contributed by atoms with van der Waals surface area (Å²) in [4.78, 5) is 37.4. The van der Waals surface area contributed by atoms with E-state index in [1.165, 1.54) is 225 Å². The van der Waals surface area contributed by atoms with Crippen LogP contribution in [0.1, 0.15) is 290 Å². The third-order valence-electron chi connectivity index (χ3n) is 13.3. The molecule has 0 aliphatic heterocycles. The predicted octanol–water partition coefficient (Wildman–Crippen LogP) is 17.0. The van der Waals surface area contributed by atoms with Crippen molar-refractivity contribution in [3.8, 4) is 0 Å². The van der Waals surface area contributed by atoms with E-state index >= 15 is 0 Å². The number of ether oxygens (including phenoxy) is 4. The number of quaternary nitrogens is 1. The molecule has 0 bridgehead atoms. The van der Waals surface area contributed by atoms with Gasteiger partial charge in [-0.15, -0.1) is 0 Å². The molecule has 2 atom stereocenters. The van der Waals surface area contributed by atoms with Gasteiger partial charge in [-0.3, -0.25) is 9.59 Å². The molecule has 68 heavy (non-hydrogen) atoms. The summed E-state index contributed by atoms with van der Waals surface area (Å²) in [6, 6.07) is 0. The van der Waals surface area contributed by atoms with Gasteiger partial charge < -0.3 is 28.5 Å². The normalized spacial score (nSPS) is 12.8. The van der Waals surface area contributed by atoms with E-state index in [2.05, 4.69) is 26.0 Å². The first-order chi connectivity index (χ1) is 33.1. The fourth-order valence-corrected chi connectivity index (χ4v) is 8.72. The summed E-state index contributed by atoms with van der Waals surface area (Å²) in [6.07, 6.45) is 55.7. The SMILES string of the molecule is CCCCCCCCCC/C=C\CCCCCCCCCCCCCCCC(=O)OC(COC(=O)CCCCCCCCCCCCCCCCCCCC)COC(OCC[N+](C)(C)C)C(=O)O. The van der Waals surface area contributed by atoms with Gasteiger partial charge in [0.1, 0.15) is 13.2 Å². The Balaban J connectivity index is 4.19. The zero-order valence-corrected chi connectivity index (χ0v) is 45.8. The molecule has 0 aromatic rings. The first kappa shape index (κ1) is 66.0. The van der Waals surface area contributed by atoms with Gasteiger partial charge in [-0.2, -0.15) is 0 Å². The number of esters is 2. The Morgan fingerprint density at radius 2 is 0.750 bits per heavy atom. The highest BCUT2D eigenvalue weighted by molar-refractivity contribution is 5.71. The molecule has 0 aliphatic rings. The number of carbonyl (C=O) groups is 3. The molecule has 0 fully saturated rings. The second kappa shape index (κ2) is 51.4. The first-order valence-corrected chi connectivity index (χ1v) is 29.4. The fraction of sp³-hybridized carbons (Fsp3) is 0.915. The second-order valence-corrected chi connectivity index (χ2v) is 21.3. The van der Waals surface area contributed by atoms with Gasteiger partial charge in [-0.1, -0.05) is 251 Å². The smallest absolute Gasteiger partial charge is 0.361 e. The molecule has 0 amide bonds. The number of carboxylic acid groups (broad SMARTS) is 1. The molecule has 0 aromatic carbocycles. The van der Waals surface area contributed by atoms with Gasteiger partial charge in [0.05, 0.1) is 34.4 Å². The van der Waals surface area contributed by atoms with Crippen LogP contribution in [0.3, 0.4) is 0 Å². The molecule has 9 nitrogen and oxygen atoms in total. The first-order valence-electron chi connectivity index (χ1n) is 29.4. The summed E-state index contributed by atoms with van der Waals surface area (Å²) >= 11 is 0. The minimum Gasteiger partial charge on any atom is -0.477 e. The number of nitrogens with zero attached hydrogens (tertiary/aromatic N) is 1. The molecule has 1 N–H and O–H groups in total. The van der Waals surface area contributed by atoms with Gasteiger partial charge in [0.2, 0.25) is 0 Å². The lowest BCUT2D eigenvalue weighted by atomic mass is 10.0. The van der Waals surface area contributed by atoms with Crippen molar-refractivity contribution < 1.29 is 42.9 Å².